The molecule has 0 aromatic rings. The van der Waals surface area contributed by atoms with E-state index in [4.69, 9.17) is 0 Å². The quantitative estimate of drug-likeness (QED) is 0.478. The van der Waals surface area contributed by atoms with Gasteiger partial charge in [0.2, 0.25) is 0 Å². The van der Waals surface area contributed by atoms with Crippen molar-refractivity contribution < 1.29 is 19.5 Å². The Morgan fingerprint density at radius 3 is 1.00 bits per heavy atom. The first-order chi connectivity index (χ1) is 4.54. The van der Waals surface area contributed by atoms with Crippen molar-refractivity contribution in [3.63, 3.8) is 0 Å². The minimum absolute atomic E-state index is 0. The van der Waals surface area contributed by atoms with Crippen LogP contribution in [0.5, 0.6) is 0 Å². The molecule has 0 aromatic carbocycles. The Bertz CT molecular complexity index is 40.8. The molecular weight excluding hydrogens is 185 g/mol. The largest absolute Gasteiger partial charge is 2.00 e. The van der Waals surface area contributed by atoms with Crippen molar-refractivity contribution in [3.8, 4) is 0 Å². The number of hydrogen-bond acceptors (Lipinski definition) is 0. The summed E-state index contributed by atoms with van der Waals surface area (Å²) in [6.45, 7) is 16.0. The summed E-state index contributed by atoms with van der Waals surface area (Å²) < 4.78 is 0. The van der Waals surface area contributed by atoms with Gasteiger partial charge in [0.25, 0.3) is 0 Å². The summed E-state index contributed by atoms with van der Waals surface area (Å²) in [6, 6.07) is 0. The zero-order valence-electron chi connectivity index (χ0n) is 8.69. The molecular formula is C10H22Zn. The van der Waals surface area contributed by atoms with Crippen molar-refractivity contribution in [2.24, 2.45) is 11.8 Å². The molecule has 0 saturated heterocycles. The van der Waals surface area contributed by atoms with E-state index in [1.54, 1.807) is 0 Å². The molecule has 0 spiro atoms. The van der Waals surface area contributed by atoms with Gasteiger partial charge in [0.05, 0.1) is 0 Å². The maximum Gasteiger partial charge on any atom is 2.00 e. The molecule has 64 valence electrons. The molecule has 2 unspecified atom stereocenters. The Balaban J connectivity index is -0.000000107. The van der Waals surface area contributed by atoms with E-state index in [-0.39, 0.29) is 19.5 Å². The van der Waals surface area contributed by atoms with Crippen molar-refractivity contribution >= 4 is 0 Å². The fourth-order valence-electron chi connectivity index (χ4n) is 0. The van der Waals surface area contributed by atoms with Gasteiger partial charge in [0.1, 0.15) is 0 Å². The third-order valence-corrected chi connectivity index (χ3v) is 1.39. The normalized spacial score (nSPS) is 13.6. The van der Waals surface area contributed by atoms with Crippen LogP contribution in [0.25, 0.3) is 0 Å². The first-order valence-electron chi connectivity index (χ1n) is 4.20. The summed E-state index contributed by atoms with van der Waals surface area (Å²) in [4.78, 5) is 0. The van der Waals surface area contributed by atoms with E-state index >= 15 is 0 Å². The Kier molecular flexibility index (Phi) is 21.2. The van der Waals surface area contributed by atoms with Crippen molar-refractivity contribution in [2.75, 3.05) is 0 Å². The molecule has 0 rings (SSSR count). The third-order valence-electron chi connectivity index (χ3n) is 1.39. The van der Waals surface area contributed by atoms with Gasteiger partial charge in [-0.2, -0.15) is 11.8 Å². The Labute approximate surface area is 85.9 Å². The smallest absolute Gasteiger partial charge is 0.341 e. The van der Waals surface area contributed by atoms with E-state index in [0.29, 0.717) is 11.8 Å². The van der Waals surface area contributed by atoms with Crippen LogP contribution in [0, 0.1) is 25.7 Å². The summed E-state index contributed by atoms with van der Waals surface area (Å²) in [5, 5.41) is 0. The molecule has 0 fully saturated rings. The first-order valence-corrected chi connectivity index (χ1v) is 4.20. The van der Waals surface area contributed by atoms with E-state index in [2.05, 4.69) is 41.5 Å². The van der Waals surface area contributed by atoms with Crippen LogP contribution in [0.3, 0.4) is 0 Å². The van der Waals surface area contributed by atoms with Crippen LogP contribution in [-0.2, 0) is 19.5 Å². The topological polar surface area (TPSA) is 0 Å². The van der Waals surface area contributed by atoms with Gasteiger partial charge in [-0.15, -0.1) is 0 Å². The molecule has 11 heavy (non-hydrogen) atoms. The summed E-state index contributed by atoms with van der Waals surface area (Å²) >= 11 is 0. The average molecular weight is 208 g/mol. The molecule has 0 saturated carbocycles. The van der Waals surface area contributed by atoms with Gasteiger partial charge in [-0.3, -0.25) is 0 Å². The molecule has 1 heteroatoms. The molecule has 0 aromatic heterocycles. The summed E-state index contributed by atoms with van der Waals surface area (Å²) in [5.74, 6) is 1.27. The molecule has 0 N–H and O–H groups in total. The van der Waals surface area contributed by atoms with Crippen LogP contribution in [0.4, 0.5) is 0 Å². The summed E-state index contributed by atoms with van der Waals surface area (Å²) in [6.07, 6.45) is 2.39. The molecule has 0 aliphatic rings. The molecule has 0 nitrogen and oxygen atoms in total. The zero-order valence-corrected chi connectivity index (χ0v) is 11.7. The fraction of sp³-hybridized carbons (Fsp3) is 0.800. The van der Waals surface area contributed by atoms with Gasteiger partial charge >= 0.3 is 19.5 Å². The van der Waals surface area contributed by atoms with Crippen molar-refractivity contribution in [1.29, 1.82) is 0 Å². The van der Waals surface area contributed by atoms with Gasteiger partial charge in [-0.1, -0.05) is 40.5 Å². The molecule has 2 atom stereocenters. The molecule has 0 amide bonds. The SMILES string of the molecule is [CH2-]C(C)CC.[CH2-]C(C)CC.[Zn+2]. The standard InChI is InChI=1S/2C5H11.Zn/c2*1-4-5(2)3;/h2*5H,2,4H2,1,3H3;/q2*-1;+2. The predicted octanol–water partition coefficient (Wildman–Crippen LogP) is 3.73. The first kappa shape index (κ1) is 17.6. The monoisotopic (exact) mass is 206 g/mol. The van der Waals surface area contributed by atoms with Gasteiger partial charge in [0, 0.05) is 0 Å². The Morgan fingerprint density at radius 2 is 1.00 bits per heavy atom. The Hall–Kier alpha value is 0.623. The van der Waals surface area contributed by atoms with Gasteiger partial charge in [0.15, 0.2) is 0 Å². The van der Waals surface area contributed by atoms with Crippen LogP contribution in [0.1, 0.15) is 40.5 Å². The van der Waals surface area contributed by atoms with Crippen LogP contribution in [0.2, 0.25) is 0 Å². The second kappa shape index (κ2) is 13.2. The van der Waals surface area contributed by atoms with Gasteiger partial charge < -0.3 is 13.8 Å². The second-order valence-electron chi connectivity index (χ2n) is 3.03. The minimum Gasteiger partial charge on any atom is -0.341 e. The van der Waals surface area contributed by atoms with Crippen LogP contribution < -0.4 is 0 Å². The van der Waals surface area contributed by atoms with Gasteiger partial charge in [-0.05, 0) is 0 Å². The summed E-state index contributed by atoms with van der Waals surface area (Å²) in [5.41, 5.74) is 0. The van der Waals surface area contributed by atoms with E-state index < -0.39 is 0 Å². The second-order valence-corrected chi connectivity index (χ2v) is 3.03. The molecule has 0 bridgehead atoms. The average Bonchev–Trinajstić information content (AvgIpc) is 1.89. The maximum absolute atomic E-state index is 3.76. The molecule has 0 aliphatic carbocycles. The van der Waals surface area contributed by atoms with E-state index in [0.717, 1.165) is 0 Å². The predicted molar refractivity (Wildman–Crippen MR) is 49.6 cm³/mol. The number of hydrogen-bond donors (Lipinski definition) is 0. The van der Waals surface area contributed by atoms with Crippen molar-refractivity contribution in [3.05, 3.63) is 13.8 Å². The maximum atomic E-state index is 3.76. The van der Waals surface area contributed by atoms with Crippen molar-refractivity contribution in [2.45, 2.75) is 40.5 Å². The van der Waals surface area contributed by atoms with E-state index in [9.17, 15) is 0 Å². The minimum atomic E-state index is 0. The molecule has 0 heterocycles. The van der Waals surface area contributed by atoms with Crippen LogP contribution in [0.15, 0.2) is 0 Å². The fourth-order valence-corrected chi connectivity index (χ4v) is 0. The van der Waals surface area contributed by atoms with E-state index in [1.807, 2.05) is 0 Å². The van der Waals surface area contributed by atoms with Crippen LogP contribution >= 0.6 is 0 Å². The molecule has 0 aliphatic heterocycles. The van der Waals surface area contributed by atoms with Gasteiger partial charge in [-0.25, -0.2) is 0 Å². The third kappa shape index (κ3) is 37.0. The number of rotatable bonds is 2. The molecule has 0 radical (unpaired) electrons. The Morgan fingerprint density at radius 1 is 0.909 bits per heavy atom. The van der Waals surface area contributed by atoms with Crippen LogP contribution in [-0.4, -0.2) is 0 Å². The summed E-state index contributed by atoms with van der Waals surface area (Å²) in [7, 11) is 0. The van der Waals surface area contributed by atoms with E-state index in [1.165, 1.54) is 12.8 Å². The zero-order chi connectivity index (χ0) is 8.57. The van der Waals surface area contributed by atoms with Crippen molar-refractivity contribution in [1.82, 2.24) is 0 Å².